The minimum absolute atomic E-state index is 0.0769. The van der Waals surface area contributed by atoms with Gasteiger partial charge < -0.3 is 16.0 Å². The Morgan fingerprint density at radius 1 is 1.00 bits per heavy atom. The molecule has 0 fully saturated rings. The number of rotatable bonds is 10. The van der Waals surface area contributed by atoms with Crippen LogP contribution in [0.1, 0.15) is 74.1 Å². The number of nitrogens with one attached hydrogen (secondary N) is 3. The zero-order chi connectivity index (χ0) is 18.0. The lowest BCUT2D eigenvalue weighted by Crippen LogP contribution is -2.57. The Bertz CT molecular complexity index is 362. The topological polar surface area (TPSA) is 70.2 Å². The molecule has 0 heterocycles. The van der Waals surface area contributed by atoms with Gasteiger partial charge >= 0.3 is 0 Å². The van der Waals surface area contributed by atoms with Crippen LogP contribution in [0.5, 0.6) is 0 Å². The fraction of sp³-hybridized carbons (Fsp3) is 0.889. The van der Waals surface area contributed by atoms with E-state index in [1.165, 1.54) is 0 Å². The lowest BCUT2D eigenvalue weighted by molar-refractivity contribution is -0.131. The fourth-order valence-electron chi connectivity index (χ4n) is 2.31. The largest absolute Gasteiger partial charge is 0.354 e. The van der Waals surface area contributed by atoms with Crippen LogP contribution in [0.2, 0.25) is 0 Å². The third-order valence-electron chi connectivity index (χ3n) is 3.57. The molecule has 0 rings (SSSR count). The van der Waals surface area contributed by atoms with E-state index in [-0.39, 0.29) is 29.3 Å². The molecule has 0 aliphatic carbocycles. The molecule has 0 aromatic rings. The van der Waals surface area contributed by atoms with Crippen LogP contribution in [0.25, 0.3) is 0 Å². The Kier molecular flexibility index (Phi) is 10.1. The Hall–Kier alpha value is -1.10. The van der Waals surface area contributed by atoms with Crippen LogP contribution in [0, 0.1) is 5.92 Å². The van der Waals surface area contributed by atoms with Crippen molar-refractivity contribution in [1.82, 2.24) is 16.0 Å². The number of hydrogen-bond acceptors (Lipinski definition) is 3. The first-order valence-electron chi connectivity index (χ1n) is 8.98. The van der Waals surface area contributed by atoms with E-state index in [1.54, 1.807) is 0 Å². The molecule has 0 saturated heterocycles. The summed E-state index contributed by atoms with van der Waals surface area (Å²) in [6, 6.07) is -0.755. The summed E-state index contributed by atoms with van der Waals surface area (Å²) in [7, 11) is 0. The maximum absolute atomic E-state index is 12.7. The van der Waals surface area contributed by atoms with Gasteiger partial charge in [-0.15, -0.1) is 0 Å². The van der Waals surface area contributed by atoms with Crippen LogP contribution in [-0.2, 0) is 9.59 Å². The van der Waals surface area contributed by atoms with Gasteiger partial charge in [0, 0.05) is 12.1 Å². The van der Waals surface area contributed by atoms with Gasteiger partial charge in [0.05, 0.1) is 6.04 Å². The van der Waals surface area contributed by atoms with Crippen molar-refractivity contribution in [3.05, 3.63) is 0 Å². The highest BCUT2D eigenvalue weighted by Crippen LogP contribution is 2.10. The van der Waals surface area contributed by atoms with Crippen molar-refractivity contribution in [1.29, 1.82) is 0 Å². The Labute approximate surface area is 142 Å². The third-order valence-corrected chi connectivity index (χ3v) is 3.57. The average Bonchev–Trinajstić information content (AvgIpc) is 2.45. The predicted octanol–water partition coefficient (Wildman–Crippen LogP) is 2.60. The molecule has 2 atom stereocenters. The SMILES string of the molecule is CCCCC(NC(=O)C(NC(C)(C)C)C(C)C)C(=O)NCCC. The quantitative estimate of drug-likeness (QED) is 0.577. The van der Waals surface area contributed by atoms with Crippen LogP contribution >= 0.6 is 0 Å². The maximum Gasteiger partial charge on any atom is 0.242 e. The van der Waals surface area contributed by atoms with Crippen LogP contribution < -0.4 is 16.0 Å². The smallest absolute Gasteiger partial charge is 0.242 e. The van der Waals surface area contributed by atoms with E-state index >= 15 is 0 Å². The van der Waals surface area contributed by atoms with E-state index in [0.29, 0.717) is 13.0 Å². The average molecular weight is 328 g/mol. The second-order valence-electron chi connectivity index (χ2n) is 7.61. The van der Waals surface area contributed by atoms with Gasteiger partial charge in [-0.05, 0) is 39.5 Å². The molecule has 0 bridgehead atoms. The Morgan fingerprint density at radius 3 is 2.04 bits per heavy atom. The number of amides is 2. The molecule has 0 aliphatic rings. The van der Waals surface area contributed by atoms with Gasteiger partial charge in [-0.3, -0.25) is 9.59 Å². The molecule has 0 radical (unpaired) electrons. The summed E-state index contributed by atoms with van der Waals surface area (Å²) in [6.45, 7) is 14.9. The van der Waals surface area contributed by atoms with Crippen LogP contribution in [0.4, 0.5) is 0 Å². The van der Waals surface area contributed by atoms with Crippen molar-refractivity contribution in [2.45, 2.75) is 91.8 Å². The molecule has 5 nitrogen and oxygen atoms in total. The fourth-order valence-corrected chi connectivity index (χ4v) is 2.31. The first-order valence-corrected chi connectivity index (χ1v) is 8.98. The predicted molar refractivity (Wildman–Crippen MR) is 96.3 cm³/mol. The van der Waals surface area contributed by atoms with Gasteiger partial charge in [-0.1, -0.05) is 40.5 Å². The highest BCUT2D eigenvalue weighted by Gasteiger charge is 2.29. The zero-order valence-corrected chi connectivity index (χ0v) is 16.1. The summed E-state index contributed by atoms with van der Waals surface area (Å²) >= 11 is 0. The summed E-state index contributed by atoms with van der Waals surface area (Å²) in [5.74, 6) is -0.0191. The summed E-state index contributed by atoms with van der Waals surface area (Å²) in [6.07, 6.45) is 3.49. The molecule has 0 aromatic carbocycles. The van der Waals surface area contributed by atoms with E-state index in [0.717, 1.165) is 19.3 Å². The molecule has 0 spiro atoms. The third kappa shape index (κ3) is 9.59. The van der Waals surface area contributed by atoms with E-state index in [2.05, 4.69) is 22.9 Å². The standard InChI is InChI=1S/C18H37N3O2/c1-8-10-11-14(16(22)19-12-9-2)20-17(23)15(13(3)4)21-18(5,6)7/h13-15,21H,8-12H2,1-7H3,(H,19,22)(H,20,23). The minimum Gasteiger partial charge on any atom is -0.354 e. The van der Waals surface area contributed by atoms with Crippen LogP contribution in [0.3, 0.4) is 0 Å². The molecular formula is C18H37N3O2. The molecular weight excluding hydrogens is 290 g/mol. The van der Waals surface area contributed by atoms with Crippen molar-refractivity contribution in [3.63, 3.8) is 0 Å². The highest BCUT2D eigenvalue weighted by molar-refractivity contribution is 5.89. The minimum atomic E-state index is -0.447. The molecule has 5 heteroatoms. The first-order chi connectivity index (χ1) is 10.6. The highest BCUT2D eigenvalue weighted by atomic mass is 16.2. The molecule has 3 N–H and O–H groups in total. The van der Waals surface area contributed by atoms with Crippen molar-refractivity contribution < 1.29 is 9.59 Å². The number of carbonyl (C=O) groups is 2. The number of hydrogen-bond donors (Lipinski definition) is 3. The van der Waals surface area contributed by atoms with Gasteiger partial charge in [0.1, 0.15) is 6.04 Å². The van der Waals surface area contributed by atoms with Crippen LogP contribution in [-0.4, -0.2) is 36.0 Å². The number of carbonyl (C=O) groups excluding carboxylic acids is 2. The van der Waals surface area contributed by atoms with Crippen molar-refractivity contribution in [2.24, 2.45) is 5.92 Å². The summed E-state index contributed by atoms with van der Waals surface area (Å²) < 4.78 is 0. The lowest BCUT2D eigenvalue weighted by Gasteiger charge is -2.31. The van der Waals surface area contributed by atoms with Gasteiger partial charge in [-0.2, -0.15) is 0 Å². The van der Waals surface area contributed by atoms with Gasteiger partial charge in [0.15, 0.2) is 0 Å². The van der Waals surface area contributed by atoms with Crippen molar-refractivity contribution in [3.8, 4) is 0 Å². The first kappa shape index (κ1) is 21.9. The van der Waals surface area contributed by atoms with E-state index in [9.17, 15) is 9.59 Å². The summed E-state index contributed by atoms with van der Waals surface area (Å²) in [5, 5.41) is 9.20. The van der Waals surface area contributed by atoms with Gasteiger partial charge in [-0.25, -0.2) is 0 Å². The monoisotopic (exact) mass is 327 g/mol. The molecule has 2 amide bonds. The van der Waals surface area contributed by atoms with E-state index < -0.39 is 6.04 Å². The zero-order valence-electron chi connectivity index (χ0n) is 16.1. The number of unbranched alkanes of at least 4 members (excludes halogenated alkanes) is 1. The molecule has 23 heavy (non-hydrogen) atoms. The summed E-state index contributed by atoms with van der Waals surface area (Å²) in [4.78, 5) is 24.9. The molecule has 0 aliphatic heterocycles. The van der Waals surface area contributed by atoms with Crippen LogP contribution in [0.15, 0.2) is 0 Å². The Morgan fingerprint density at radius 2 is 1.61 bits per heavy atom. The molecule has 2 unspecified atom stereocenters. The van der Waals surface area contributed by atoms with Gasteiger partial charge in [0.2, 0.25) is 11.8 Å². The lowest BCUT2D eigenvalue weighted by atomic mass is 9.98. The second kappa shape index (κ2) is 10.6. The normalized spacial score (nSPS) is 14.4. The van der Waals surface area contributed by atoms with E-state index in [1.807, 2.05) is 41.5 Å². The summed E-state index contributed by atoms with van der Waals surface area (Å²) in [5.41, 5.74) is -0.157. The van der Waals surface area contributed by atoms with Crippen molar-refractivity contribution >= 4 is 11.8 Å². The van der Waals surface area contributed by atoms with E-state index in [4.69, 9.17) is 0 Å². The molecule has 0 aromatic heterocycles. The van der Waals surface area contributed by atoms with Crippen molar-refractivity contribution in [2.75, 3.05) is 6.54 Å². The second-order valence-corrected chi connectivity index (χ2v) is 7.61. The Balaban J connectivity index is 4.91. The molecule has 136 valence electrons. The molecule has 0 saturated carbocycles. The van der Waals surface area contributed by atoms with Gasteiger partial charge in [0.25, 0.3) is 0 Å². The maximum atomic E-state index is 12.7.